The zero-order valence-corrected chi connectivity index (χ0v) is 13.7. The minimum atomic E-state index is -0.360. The summed E-state index contributed by atoms with van der Waals surface area (Å²) >= 11 is 0. The molecule has 1 aromatic carbocycles. The Bertz CT molecular complexity index is 588. The Kier molecular flexibility index (Phi) is 4.48. The van der Waals surface area contributed by atoms with Crippen molar-refractivity contribution in [2.75, 3.05) is 33.7 Å². The van der Waals surface area contributed by atoms with Crippen molar-refractivity contribution in [3.05, 3.63) is 35.6 Å². The highest BCUT2D eigenvalue weighted by molar-refractivity contribution is 5.97. The molecule has 0 N–H and O–H groups in total. The lowest BCUT2D eigenvalue weighted by atomic mass is 10.1. The summed E-state index contributed by atoms with van der Waals surface area (Å²) in [6, 6.07) is 5.49. The van der Waals surface area contributed by atoms with Gasteiger partial charge >= 0.3 is 0 Å². The van der Waals surface area contributed by atoms with E-state index in [4.69, 9.17) is 0 Å². The van der Waals surface area contributed by atoms with Crippen LogP contribution in [-0.2, 0) is 4.79 Å². The molecular weight excluding hydrogens is 295 g/mol. The number of benzene rings is 1. The molecule has 1 heterocycles. The van der Waals surface area contributed by atoms with Crippen molar-refractivity contribution < 1.29 is 14.0 Å². The lowest BCUT2D eigenvalue weighted by molar-refractivity contribution is -0.130. The smallest absolute Gasteiger partial charge is 0.223 e. The zero-order chi connectivity index (χ0) is 16.6. The molecule has 1 saturated carbocycles. The van der Waals surface area contributed by atoms with E-state index in [0.29, 0.717) is 17.4 Å². The summed E-state index contributed by atoms with van der Waals surface area (Å²) in [4.78, 5) is 28.4. The number of halogens is 1. The van der Waals surface area contributed by atoms with Gasteiger partial charge in [-0.25, -0.2) is 4.39 Å². The maximum absolute atomic E-state index is 12.8. The van der Waals surface area contributed by atoms with Crippen molar-refractivity contribution >= 4 is 11.7 Å². The van der Waals surface area contributed by atoms with Gasteiger partial charge in [-0.1, -0.05) is 0 Å². The number of hydrogen-bond acceptors (Lipinski definition) is 3. The van der Waals surface area contributed by atoms with E-state index in [-0.39, 0.29) is 30.3 Å². The van der Waals surface area contributed by atoms with E-state index in [0.717, 1.165) is 25.6 Å². The van der Waals surface area contributed by atoms with Crippen molar-refractivity contribution in [2.24, 2.45) is 17.8 Å². The Balaban J connectivity index is 1.43. The summed E-state index contributed by atoms with van der Waals surface area (Å²) in [5.74, 6) is 1.63. The molecule has 1 amide bonds. The number of carbonyl (C=O) groups excluding carboxylic acids is 2. The summed E-state index contributed by atoms with van der Waals surface area (Å²) < 4.78 is 12.8. The quantitative estimate of drug-likeness (QED) is 0.754. The molecule has 1 aromatic rings. The second-order valence-electron chi connectivity index (χ2n) is 6.98. The van der Waals surface area contributed by atoms with E-state index in [1.807, 2.05) is 4.90 Å². The van der Waals surface area contributed by atoms with E-state index in [1.54, 1.807) is 0 Å². The third-order valence-electron chi connectivity index (χ3n) is 5.03. The van der Waals surface area contributed by atoms with Gasteiger partial charge in [0, 0.05) is 38.0 Å². The van der Waals surface area contributed by atoms with E-state index in [2.05, 4.69) is 19.0 Å². The number of rotatable bonds is 6. The van der Waals surface area contributed by atoms with Crippen LogP contribution in [0.5, 0.6) is 0 Å². The van der Waals surface area contributed by atoms with Crippen molar-refractivity contribution in [2.45, 2.75) is 12.8 Å². The number of piperidine rings is 1. The summed E-state index contributed by atoms with van der Waals surface area (Å²) in [6.45, 7) is 2.78. The summed E-state index contributed by atoms with van der Waals surface area (Å²) in [6.07, 6.45) is 0.436. The molecule has 1 aliphatic carbocycles. The van der Waals surface area contributed by atoms with Crippen LogP contribution < -0.4 is 0 Å². The number of likely N-dealkylation sites (tertiary alicyclic amines) is 1. The van der Waals surface area contributed by atoms with Gasteiger partial charge in [0.15, 0.2) is 5.78 Å². The summed E-state index contributed by atoms with van der Waals surface area (Å²) in [5.41, 5.74) is 0.467. The summed E-state index contributed by atoms with van der Waals surface area (Å²) in [5, 5.41) is 0. The fourth-order valence-electron chi connectivity index (χ4n) is 3.70. The largest absolute Gasteiger partial charge is 0.342 e. The molecule has 2 fully saturated rings. The van der Waals surface area contributed by atoms with Crippen LogP contribution in [0.15, 0.2) is 24.3 Å². The predicted octanol–water partition coefficient (Wildman–Crippen LogP) is 2.05. The van der Waals surface area contributed by atoms with Crippen molar-refractivity contribution in [3.8, 4) is 0 Å². The van der Waals surface area contributed by atoms with Gasteiger partial charge in [0.05, 0.1) is 0 Å². The first-order chi connectivity index (χ1) is 11.0. The van der Waals surface area contributed by atoms with Gasteiger partial charge in [-0.3, -0.25) is 9.59 Å². The molecular formula is C18H23FN2O2. The predicted molar refractivity (Wildman–Crippen MR) is 85.6 cm³/mol. The van der Waals surface area contributed by atoms with E-state index in [9.17, 15) is 14.0 Å². The van der Waals surface area contributed by atoms with Gasteiger partial charge in [0.1, 0.15) is 5.82 Å². The minimum Gasteiger partial charge on any atom is -0.342 e. The highest BCUT2D eigenvalue weighted by Gasteiger charge is 2.56. The fourth-order valence-corrected chi connectivity index (χ4v) is 3.70. The van der Waals surface area contributed by atoms with Gasteiger partial charge in [0.2, 0.25) is 5.91 Å². The molecule has 3 rings (SSSR count). The van der Waals surface area contributed by atoms with Gasteiger partial charge in [-0.15, -0.1) is 0 Å². The first-order valence-corrected chi connectivity index (χ1v) is 8.17. The van der Waals surface area contributed by atoms with Gasteiger partial charge in [-0.05, 0) is 56.1 Å². The number of Topliss-reactive ketones (excluding diaryl/α,β-unsaturated/α-hetero) is 1. The molecule has 0 radical (unpaired) electrons. The molecule has 1 saturated heterocycles. The number of fused-ring (bicyclic) bond motifs is 1. The molecule has 0 spiro atoms. The third-order valence-corrected chi connectivity index (χ3v) is 5.03. The molecule has 2 aliphatic rings. The number of carbonyl (C=O) groups is 2. The van der Waals surface area contributed by atoms with E-state index < -0.39 is 0 Å². The average molecular weight is 318 g/mol. The van der Waals surface area contributed by atoms with Gasteiger partial charge < -0.3 is 9.80 Å². The van der Waals surface area contributed by atoms with Gasteiger partial charge in [-0.2, -0.15) is 0 Å². The topological polar surface area (TPSA) is 40.6 Å². The molecule has 3 atom stereocenters. The van der Waals surface area contributed by atoms with Crippen LogP contribution in [0.2, 0.25) is 0 Å². The Morgan fingerprint density at radius 2 is 1.74 bits per heavy atom. The standard InChI is InChI=1S/C18H23FN2O2/c1-20(2)9-14-15-10-21(11-16(14)15)18(23)8-7-17(22)12-3-5-13(19)6-4-12/h3-6,14-16H,7-11H2,1-2H3/t14?,15-,16+. The third kappa shape index (κ3) is 3.61. The zero-order valence-electron chi connectivity index (χ0n) is 13.7. The monoisotopic (exact) mass is 318 g/mol. The Hall–Kier alpha value is -1.75. The van der Waals surface area contributed by atoms with Crippen molar-refractivity contribution in [1.29, 1.82) is 0 Å². The number of nitrogens with zero attached hydrogens (tertiary/aromatic N) is 2. The Labute approximate surface area is 136 Å². The Morgan fingerprint density at radius 1 is 1.13 bits per heavy atom. The minimum absolute atomic E-state index is 0.0660. The normalized spacial score (nSPS) is 25.6. The maximum Gasteiger partial charge on any atom is 0.223 e. The SMILES string of the molecule is CN(C)CC1[C@H]2CN(C(=O)CCC(=O)c3ccc(F)cc3)C[C@@H]12. The highest BCUT2D eigenvalue weighted by atomic mass is 19.1. The van der Waals surface area contributed by atoms with Crippen LogP contribution in [0.4, 0.5) is 4.39 Å². The molecule has 1 aliphatic heterocycles. The maximum atomic E-state index is 12.8. The Morgan fingerprint density at radius 3 is 2.30 bits per heavy atom. The highest BCUT2D eigenvalue weighted by Crippen LogP contribution is 2.51. The molecule has 5 heteroatoms. The molecule has 0 bridgehead atoms. The molecule has 124 valence electrons. The van der Waals surface area contributed by atoms with E-state index in [1.165, 1.54) is 24.3 Å². The molecule has 4 nitrogen and oxygen atoms in total. The second-order valence-corrected chi connectivity index (χ2v) is 6.98. The first kappa shape index (κ1) is 16.1. The number of hydrogen-bond donors (Lipinski definition) is 0. The van der Waals surface area contributed by atoms with Crippen LogP contribution in [0, 0.1) is 23.6 Å². The second kappa shape index (κ2) is 6.40. The van der Waals surface area contributed by atoms with E-state index >= 15 is 0 Å². The molecule has 23 heavy (non-hydrogen) atoms. The van der Waals surface area contributed by atoms with Crippen LogP contribution >= 0.6 is 0 Å². The average Bonchev–Trinajstić information content (AvgIpc) is 2.96. The van der Waals surface area contributed by atoms with Crippen LogP contribution in [0.3, 0.4) is 0 Å². The number of ketones is 1. The fraction of sp³-hybridized carbons (Fsp3) is 0.556. The van der Waals surface area contributed by atoms with Crippen LogP contribution in [0.25, 0.3) is 0 Å². The first-order valence-electron chi connectivity index (χ1n) is 8.17. The van der Waals surface area contributed by atoms with Gasteiger partial charge in [0.25, 0.3) is 0 Å². The van der Waals surface area contributed by atoms with Crippen molar-refractivity contribution in [3.63, 3.8) is 0 Å². The number of amides is 1. The van der Waals surface area contributed by atoms with Crippen molar-refractivity contribution in [1.82, 2.24) is 9.80 Å². The summed E-state index contributed by atoms with van der Waals surface area (Å²) in [7, 11) is 4.16. The lowest BCUT2D eigenvalue weighted by Gasteiger charge is -2.21. The lowest BCUT2D eigenvalue weighted by Crippen LogP contribution is -2.33. The molecule has 0 aromatic heterocycles. The molecule has 1 unspecified atom stereocenters. The van der Waals surface area contributed by atoms with Crippen LogP contribution in [-0.4, -0.2) is 55.2 Å². The van der Waals surface area contributed by atoms with Crippen LogP contribution in [0.1, 0.15) is 23.2 Å².